The summed E-state index contributed by atoms with van der Waals surface area (Å²) in [5.74, 6) is 0.273. The highest BCUT2D eigenvalue weighted by Gasteiger charge is 2.25. The maximum atomic E-state index is 12.5. The van der Waals surface area contributed by atoms with Gasteiger partial charge < -0.3 is 11.1 Å². The fraction of sp³-hybridized carbons (Fsp3) is 0.500. The number of nitrogens with two attached hydrogens (primary N) is 1. The van der Waals surface area contributed by atoms with E-state index in [2.05, 4.69) is 15.6 Å². The molecule has 1 aromatic carbocycles. The van der Waals surface area contributed by atoms with Crippen LogP contribution in [0.3, 0.4) is 0 Å². The van der Waals surface area contributed by atoms with Gasteiger partial charge in [-0.25, -0.2) is 4.68 Å². The quantitative estimate of drug-likeness (QED) is 0.855. The summed E-state index contributed by atoms with van der Waals surface area (Å²) in [6.07, 6.45) is 7.67. The Balaban J connectivity index is 0.00000225. The van der Waals surface area contributed by atoms with Crippen LogP contribution in [0.1, 0.15) is 48.2 Å². The summed E-state index contributed by atoms with van der Waals surface area (Å²) >= 11 is 0. The maximum absolute atomic E-state index is 12.5. The second-order valence-corrected chi connectivity index (χ2v) is 6.60. The van der Waals surface area contributed by atoms with E-state index in [1.165, 1.54) is 19.3 Å². The Bertz CT molecular complexity index is 696. The summed E-state index contributed by atoms with van der Waals surface area (Å²) in [7, 11) is 0. The molecule has 1 aliphatic carbocycles. The Morgan fingerprint density at radius 1 is 1.36 bits per heavy atom. The molecule has 0 radical (unpaired) electrons. The zero-order valence-electron chi connectivity index (χ0n) is 14.5. The first kappa shape index (κ1) is 19.4. The Morgan fingerprint density at radius 2 is 2.12 bits per heavy atom. The molecule has 3 N–H and O–H groups in total. The number of amides is 1. The fourth-order valence-electron chi connectivity index (χ4n) is 3.41. The zero-order chi connectivity index (χ0) is 16.9. The molecule has 1 fully saturated rings. The van der Waals surface area contributed by atoms with E-state index in [4.69, 9.17) is 5.73 Å². The van der Waals surface area contributed by atoms with E-state index in [0.29, 0.717) is 18.2 Å². The first-order valence-corrected chi connectivity index (χ1v) is 8.67. The van der Waals surface area contributed by atoms with Gasteiger partial charge in [-0.05, 0) is 43.4 Å². The van der Waals surface area contributed by atoms with Gasteiger partial charge in [0.15, 0.2) is 5.69 Å². The third-order valence-corrected chi connectivity index (χ3v) is 4.78. The van der Waals surface area contributed by atoms with Crippen LogP contribution in [-0.4, -0.2) is 33.5 Å². The molecule has 1 amide bonds. The van der Waals surface area contributed by atoms with Gasteiger partial charge in [-0.2, -0.15) is 0 Å². The van der Waals surface area contributed by atoms with Crippen molar-refractivity contribution in [2.24, 2.45) is 11.7 Å². The standard InChI is InChI=1S/C18H25N5O.ClH/c1-13-6-5-9-15(10-13)23-12-17(21-22-23)18(24)20-16(11-19)14-7-3-2-4-8-14;/h5-6,9-10,12,14,16H,2-4,7-8,11,19H2,1H3,(H,20,24);1H. The van der Waals surface area contributed by atoms with Gasteiger partial charge >= 0.3 is 0 Å². The van der Waals surface area contributed by atoms with Crippen LogP contribution in [0.5, 0.6) is 0 Å². The van der Waals surface area contributed by atoms with Gasteiger partial charge in [0.05, 0.1) is 11.9 Å². The first-order valence-electron chi connectivity index (χ1n) is 8.67. The van der Waals surface area contributed by atoms with Crippen molar-refractivity contribution in [3.05, 3.63) is 41.7 Å². The molecule has 1 atom stereocenters. The van der Waals surface area contributed by atoms with Crippen molar-refractivity contribution in [1.82, 2.24) is 20.3 Å². The van der Waals surface area contributed by atoms with Crippen molar-refractivity contribution < 1.29 is 4.79 Å². The number of aryl methyl sites for hydroxylation is 1. The zero-order valence-corrected chi connectivity index (χ0v) is 15.3. The number of benzene rings is 1. The van der Waals surface area contributed by atoms with Crippen LogP contribution in [0, 0.1) is 12.8 Å². The predicted molar refractivity (Wildman–Crippen MR) is 100 cm³/mol. The molecule has 1 aromatic heterocycles. The molecule has 3 rings (SSSR count). The van der Waals surface area contributed by atoms with Crippen LogP contribution in [0.15, 0.2) is 30.5 Å². The number of rotatable bonds is 5. The molecule has 6 nitrogen and oxygen atoms in total. The largest absolute Gasteiger partial charge is 0.346 e. The lowest BCUT2D eigenvalue weighted by atomic mass is 9.84. The number of aromatic nitrogens is 3. The molecule has 1 aliphatic rings. The fourth-order valence-corrected chi connectivity index (χ4v) is 3.41. The Labute approximate surface area is 154 Å². The molecule has 0 saturated heterocycles. The van der Waals surface area contributed by atoms with E-state index in [1.807, 2.05) is 31.2 Å². The van der Waals surface area contributed by atoms with Gasteiger partial charge in [0.1, 0.15) is 0 Å². The molecule has 1 heterocycles. The third kappa shape index (κ3) is 4.80. The minimum absolute atomic E-state index is 0. The summed E-state index contributed by atoms with van der Waals surface area (Å²) in [5, 5.41) is 11.1. The van der Waals surface area contributed by atoms with E-state index in [0.717, 1.165) is 24.1 Å². The van der Waals surface area contributed by atoms with Crippen molar-refractivity contribution in [2.75, 3.05) is 6.54 Å². The number of carbonyl (C=O) groups excluding carboxylic acids is 1. The second kappa shape index (κ2) is 8.97. The Morgan fingerprint density at radius 3 is 2.80 bits per heavy atom. The van der Waals surface area contributed by atoms with Gasteiger partial charge in [-0.15, -0.1) is 17.5 Å². The topological polar surface area (TPSA) is 85.8 Å². The van der Waals surface area contributed by atoms with E-state index < -0.39 is 0 Å². The SMILES string of the molecule is Cc1cccc(-n2cc(C(=O)NC(CN)C3CCCCC3)nn2)c1.Cl. The van der Waals surface area contributed by atoms with Gasteiger partial charge in [0.2, 0.25) is 0 Å². The first-order chi connectivity index (χ1) is 11.7. The highest BCUT2D eigenvalue weighted by atomic mass is 35.5. The van der Waals surface area contributed by atoms with Crippen molar-refractivity contribution in [3.63, 3.8) is 0 Å². The summed E-state index contributed by atoms with van der Waals surface area (Å²) in [5.41, 5.74) is 8.24. The molecule has 25 heavy (non-hydrogen) atoms. The Hall–Kier alpha value is -1.92. The van der Waals surface area contributed by atoms with Crippen LogP contribution < -0.4 is 11.1 Å². The number of nitrogens with one attached hydrogen (secondary N) is 1. The van der Waals surface area contributed by atoms with Crippen LogP contribution in [-0.2, 0) is 0 Å². The minimum Gasteiger partial charge on any atom is -0.346 e. The minimum atomic E-state index is -0.199. The normalized spacial score (nSPS) is 16.1. The Kier molecular flexibility index (Phi) is 6.96. The summed E-state index contributed by atoms with van der Waals surface area (Å²) < 4.78 is 1.62. The van der Waals surface area contributed by atoms with Crippen molar-refractivity contribution in [1.29, 1.82) is 0 Å². The average Bonchev–Trinajstić information content (AvgIpc) is 3.10. The number of nitrogens with zero attached hydrogens (tertiary/aromatic N) is 3. The van der Waals surface area contributed by atoms with Crippen molar-refractivity contribution in [2.45, 2.75) is 45.1 Å². The number of halogens is 1. The number of hydrogen-bond acceptors (Lipinski definition) is 4. The maximum Gasteiger partial charge on any atom is 0.273 e. The lowest BCUT2D eigenvalue weighted by Gasteiger charge is -2.29. The summed E-state index contributed by atoms with van der Waals surface area (Å²) in [4.78, 5) is 12.5. The highest BCUT2D eigenvalue weighted by Crippen LogP contribution is 2.26. The number of hydrogen-bond donors (Lipinski definition) is 2. The highest BCUT2D eigenvalue weighted by molar-refractivity contribution is 5.92. The summed E-state index contributed by atoms with van der Waals surface area (Å²) in [6, 6.07) is 7.93. The van der Waals surface area contributed by atoms with Crippen LogP contribution >= 0.6 is 12.4 Å². The third-order valence-electron chi connectivity index (χ3n) is 4.78. The molecule has 0 bridgehead atoms. The van der Waals surface area contributed by atoms with Gasteiger partial charge in [-0.1, -0.05) is 36.6 Å². The number of carbonyl (C=O) groups is 1. The van der Waals surface area contributed by atoms with Crippen LogP contribution in [0.2, 0.25) is 0 Å². The molecule has 0 aliphatic heterocycles. The van der Waals surface area contributed by atoms with E-state index in [9.17, 15) is 4.79 Å². The van der Waals surface area contributed by atoms with Crippen molar-refractivity contribution >= 4 is 18.3 Å². The molecule has 136 valence electrons. The smallest absolute Gasteiger partial charge is 0.273 e. The molecular formula is C18H26ClN5O. The van der Waals surface area contributed by atoms with E-state index in [-0.39, 0.29) is 24.4 Å². The van der Waals surface area contributed by atoms with Gasteiger partial charge in [-0.3, -0.25) is 4.79 Å². The predicted octanol–water partition coefficient (Wildman–Crippen LogP) is 2.63. The lowest BCUT2D eigenvalue weighted by molar-refractivity contribution is 0.0910. The molecule has 1 saturated carbocycles. The average molecular weight is 364 g/mol. The molecule has 7 heteroatoms. The lowest BCUT2D eigenvalue weighted by Crippen LogP contribution is -2.46. The molecule has 2 aromatic rings. The molecular weight excluding hydrogens is 338 g/mol. The monoisotopic (exact) mass is 363 g/mol. The second-order valence-electron chi connectivity index (χ2n) is 6.60. The molecule has 0 spiro atoms. The van der Waals surface area contributed by atoms with E-state index >= 15 is 0 Å². The van der Waals surface area contributed by atoms with Gasteiger partial charge in [0, 0.05) is 12.6 Å². The summed E-state index contributed by atoms with van der Waals surface area (Å²) in [6.45, 7) is 2.48. The van der Waals surface area contributed by atoms with E-state index in [1.54, 1.807) is 10.9 Å². The van der Waals surface area contributed by atoms with Gasteiger partial charge in [0.25, 0.3) is 5.91 Å². The van der Waals surface area contributed by atoms with Crippen LogP contribution in [0.4, 0.5) is 0 Å². The van der Waals surface area contributed by atoms with Crippen molar-refractivity contribution in [3.8, 4) is 5.69 Å². The molecule has 1 unspecified atom stereocenters. The van der Waals surface area contributed by atoms with Crippen LogP contribution in [0.25, 0.3) is 5.69 Å².